The molecule has 270 valence electrons. The molecule has 0 radical (unpaired) electrons. The molecule has 0 aliphatic carbocycles. The lowest BCUT2D eigenvalue weighted by molar-refractivity contribution is -0.397. The summed E-state index contributed by atoms with van der Waals surface area (Å²) in [5.74, 6) is -3.52. The number of ether oxygens (including phenoxy) is 6. The number of hydrogen-bond donors (Lipinski definition) is 0. The van der Waals surface area contributed by atoms with Crippen molar-refractivity contribution in [3.05, 3.63) is 203 Å². The van der Waals surface area contributed by atoms with Crippen molar-refractivity contribution < 1.29 is 38.0 Å². The Kier molecular flexibility index (Phi) is 8.06. The Morgan fingerprint density at radius 2 is 0.759 bits per heavy atom. The molecule has 2 saturated heterocycles. The number of hydrogen-bond acceptors (Lipinski definition) is 8. The van der Waals surface area contributed by atoms with Crippen molar-refractivity contribution in [2.75, 3.05) is 0 Å². The molecule has 0 amide bonds. The van der Waals surface area contributed by atoms with Gasteiger partial charge in [-0.3, -0.25) is 0 Å². The molecule has 0 aromatic heterocycles. The minimum Gasteiger partial charge on any atom is -0.492 e. The maximum absolute atomic E-state index is 12.9. The van der Waals surface area contributed by atoms with E-state index < -0.39 is 46.6 Å². The van der Waals surface area contributed by atoms with Crippen LogP contribution in [0.25, 0.3) is 0 Å². The van der Waals surface area contributed by atoms with Crippen LogP contribution in [0.3, 0.4) is 0 Å². The maximum atomic E-state index is 12.9. The van der Waals surface area contributed by atoms with Crippen molar-refractivity contribution in [1.29, 1.82) is 0 Å². The molecule has 4 aliphatic rings. The summed E-state index contributed by atoms with van der Waals surface area (Å²) >= 11 is 0. The molecule has 0 spiro atoms. The molecule has 2 unspecified atom stereocenters. The van der Waals surface area contributed by atoms with Gasteiger partial charge in [-0.25, -0.2) is 9.59 Å². The summed E-state index contributed by atoms with van der Waals surface area (Å²) in [5.41, 5.74) is 3.51. The van der Waals surface area contributed by atoms with Gasteiger partial charge in [-0.05, 0) is 33.4 Å². The Hall–Kier alpha value is -5.96. The van der Waals surface area contributed by atoms with Gasteiger partial charge in [-0.1, -0.05) is 146 Å². The molecular formula is C46H38O8. The molecule has 0 bridgehead atoms. The Morgan fingerprint density at radius 1 is 0.463 bits per heavy atom. The Labute approximate surface area is 313 Å². The van der Waals surface area contributed by atoms with Crippen molar-refractivity contribution in [3.8, 4) is 0 Å². The van der Waals surface area contributed by atoms with E-state index in [1.54, 1.807) is 13.8 Å². The first-order valence-electron chi connectivity index (χ1n) is 18.1. The number of carbonyl (C=O) groups is 2. The third-order valence-corrected chi connectivity index (χ3v) is 11.0. The fraction of sp³-hybridized carbons (Fsp3) is 0.217. The second-order valence-corrected chi connectivity index (χ2v) is 14.3. The Bertz CT molecular complexity index is 2030. The normalized spacial score (nSPS) is 25.9. The van der Waals surface area contributed by atoms with E-state index in [1.165, 1.54) is 12.2 Å². The van der Waals surface area contributed by atoms with Crippen molar-refractivity contribution in [2.45, 2.75) is 49.8 Å². The van der Waals surface area contributed by atoms with E-state index in [0.29, 0.717) is 11.5 Å². The molecule has 5 aromatic carbocycles. The van der Waals surface area contributed by atoms with Gasteiger partial charge >= 0.3 is 11.9 Å². The van der Waals surface area contributed by atoms with Crippen LogP contribution in [-0.2, 0) is 62.4 Å². The zero-order valence-electron chi connectivity index (χ0n) is 29.8. The van der Waals surface area contributed by atoms with Gasteiger partial charge in [0.25, 0.3) is 0 Å². The molecule has 4 atom stereocenters. The van der Waals surface area contributed by atoms with E-state index in [-0.39, 0.29) is 13.2 Å². The molecular weight excluding hydrogens is 680 g/mol. The minimum atomic E-state index is -1.24. The predicted molar refractivity (Wildman–Crippen MR) is 198 cm³/mol. The maximum Gasteiger partial charge on any atom is 0.336 e. The highest BCUT2D eigenvalue weighted by molar-refractivity contribution is 5.85. The van der Waals surface area contributed by atoms with Crippen molar-refractivity contribution in [1.82, 2.24) is 0 Å². The van der Waals surface area contributed by atoms with Crippen LogP contribution in [0.1, 0.15) is 47.2 Å². The monoisotopic (exact) mass is 718 g/mol. The lowest BCUT2D eigenvalue weighted by Gasteiger charge is -2.61. The topological polar surface area (TPSA) is 89.5 Å². The zero-order chi connectivity index (χ0) is 37.0. The molecule has 8 nitrogen and oxygen atoms in total. The lowest BCUT2D eigenvalue weighted by atomic mass is 9.65. The molecule has 0 saturated carbocycles. The van der Waals surface area contributed by atoms with Crippen LogP contribution in [0.2, 0.25) is 0 Å². The van der Waals surface area contributed by atoms with Gasteiger partial charge in [-0.15, -0.1) is 0 Å². The third-order valence-electron chi connectivity index (χ3n) is 11.0. The van der Waals surface area contributed by atoms with Crippen molar-refractivity contribution in [2.24, 2.45) is 11.8 Å². The summed E-state index contributed by atoms with van der Waals surface area (Å²) in [6.45, 7) is 3.86. The van der Waals surface area contributed by atoms with Crippen molar-refractivity contribution >= 4 is 11.9 Å². The summed E-state index contributed by atoms with van der Waals surface area (Å²) < 4.78 is 38.2. The van der Waals surface area contributed by atoms with Gasteiger partial charge in [0.1, 0.15) is 47.8 Å². The first-order valence-corrected chi connectivity index (χ1v) is 18.1. The average Bonchev–Trinajstić information content (AvgIpc) is 3.18. The van der Waals surface area contributed by atoms with Crippen LogP contribution in [0.15, 0.2) is 169 Å². The van der Waals surface area contributed by atoms with E-state index in [2.05, 4.69) is 0 Å². The quantitative estimate of drug-likeness (QED) is 0.134. The highest BCUT2D eigenvalue weighted by atomic mass is 16.8. The molecule has 4 heterocycles. The van der Waals surface area contributed by atoms with Crippen LogP contribution in [0, 0.1) is 11.8 Å². The van der Waals surface area contributed by atoms with Gasteiger partial charge in [0.05, 0.1) is 12.2 Å². The first kappa shape index (κ1) is 33.8. The van der Waals surface area contributed by atoms with Crippen molar-refractivity contribution in [3.63, 3.8) is 0 Å². The molecule has 9 rings (SSSR count). The number of carbonyl (C=O) groups excluding carboxylic acids is 2. The zero-order valence-corrected chi connectivity index (χ0v) is 29.8. The number of fused-ring (bicyclic) bond motifs is 2. The number of benzene rings is 5. The van der Waals surface area contributed by atoms with Crippen LogP contribution in [-0.4, -0.2) is 23.5 Å². The Morgan fingerprint density at radius 3 is 1.07 bits per heavy atom. The number of esters is 2. The molecule has 5 aromatic rings. The summed E-state index contributed by atoms with van der Waals surface area (Å²) in [4.78, 5) is 25.9. The first-order chi connectivity index (χ1) is 26.3. The SMILES string of the molecule is CC12OC(=O)C=C(OCc3ccccc3COC3=CC(=O)O[C@]4(C)OC(c5ccccc5)(c5ccccc5)[C@H]34)C1C(c1ccccc1)(c1ccccc1)O2. The third kappa shape index (κ3) is 5.28. The number of rotatable bonds is 10. The second-order valence-electron chi connectivity index (χ2n) is 14.3. The van der Waals surface area contributed by atoms with E-state index >= 15 is 0 Å². The van der Waals surface area contributed by atoms with E-state index in [1.807, 2.05) is 146 Å². The fourth-order valence-electron chi connectivity index (χ4n) is 8.82. The van der Waals surface area contributed by atoms with Crippen LogP contribution < -0.4 is 0 Å². The van der Waals surface area contributed by atoms with Gasteiger partial charge in [0, 0.05) is 13.8 Å². The van der Waals surface area contributed by atoms with E-state index in [0.717, 1.165) is 33.4 Å². The van der Waals surface area contributed by atoms with Gasteiger partial charge in [-0.2, -0.15) is 0 Å². The highest BCUT2D eigenvalue weighted by Crippen LogP contribution is 2.63. The highest BCUT2D eigenvalue weighted by Gasteiger charge is 2.71. The molecule has 8 heteroatoms. The largest absolute Gasteiger partial charge is 0.492 e. The van der Waals surface area contributed by atoms with Crippen LogP contribution in [0.5, 0.6) is 0 Å². The molecule has 2 fully saturated rings. The molecule has 54 heavy (non-hydrogen) atoms. The van der Waals surface area contributed by atoms with E-state index in [4.69, 9.17) is 28.4 Å². The predicted octanol–water partition coefficient (Wildman–Crippen LogP) is 8.21. The van der Waals surface area contributed by atoms with Crippen LogP contribution >= 0.6 is 0 Å². The Balaban J connectivity index is 1.01. The van der Waals surface area contributed by atoms with Gasteiger partial charge < -0.3 is 28.4 Å². The summed E-state index contributed by atoms with van der Waals surface area (Å²) in [6, 6.07) is 47.6. The van der Waals surface area contributed by atoms with E-state index in [9.17, 15) is 9.59 Å². The standard InChI is InChI=1S/C46H38O8/c1-43-41(45(53-43,33-19-7-3-8-20-33)34-21-9-4-10-22-34)37(27-39(47)51-43)49-29-31-17-15-16-18-32(31)30-50-38-28-40(48)52-44(2)42(38)46(54-44,35-23-11-5-12-24-35)36-25-13-6-14-26-36/h3-28,41-42H,29-30H2,1-2H3/t41-,42?,43-,44?/m1/s1. The summed E-state index contributed by atoms with van der Waals surface area (Å²) in [6.07, 6.45) is 2.86. The smallest absolute Gasteiger partial charge is 0.336 e. The molecule has 0 N–H and O–H groups in total. The summed E-state index contributed by atoms with van der Waals surface area (Å²) in [7, 11) is 0. The van der Waals surface area contributed by atoms with Crippen LogP contribution in [0.4, 0.5) is 0 Å². The van der Waals surface area contributed by atoms with Gasteiger partial charge in [0.2, 0.25) is 11.6 Å². The average molecular weight is 719 g/mol. The fourth-order valence-corrected chi connectivity index (χ4v) is 8.82. The minimum absolute atomic E-state index is 0.147. The second kappa shape index (κ2) is 12.9. The molecule has 4 aliphatic heterocycles. The summed E-state index contributed by atoms with van der Waals surface area (Å²) in [5, 5.41) is 0. The van der Waals surface area contributed by atoms with Gasteiger partial charge in [0.15, 0.2) is 0 Å². The lowest BCUT2D eigenvalue weighted by Crippen LogP contribution is -2.69.